The number of methoxy groups -OCH3 is 2. The summed E-state index contributed by atoms with van der Waals surface area (Å²) in [5, 5.41) is 13.9. The summed E-state index contributed by atoms with van der Waals surface area (Å²) in [6.45, 7) is 1.90. The van der Waals surface area contributed by atoms with Gasteiger partial charge in [-0.15, -0.1) is 11.3 Å². The van der Waals surface area contributed by atoms with Gasteiger partial charge in [0.1, 0.15) is 5.01 Å². The maximum Gasteiger partial charge on any atom is 0.280 e. The Balaban J connectivity index is 2.45. The number of ether oxygens (including phenoxy) is 2. The number of nitro groups is 1. The first-order chi connectivity index (χ1) is 10.0. The van der Waals surface area contributed by atoms with E-state index in [1.165, 1.54) is 31.6 Å². The van der Waals surface area contributed by atoms with Gasteiger partial charge in [-0.2, -0.15) is 0 Å². The maximum absolute atomic E-state index is 11.2. The zero-order valence-corrected chi connectivity index (χ0v) is 12.6. The first-order valence-electron chi connectivity index (χ1n) is 6.05. The van der Waals surface area contributed by atoms with Crippen molar-refractivity contribution in [3.05, 3.63) is 43.9 Å². The first kappa shape index (κ1) is 15.0. The van der Waals surface area contributed by atoms with E-state index in [0.717, 1.165) is 10.7 Å². The Labute approximate surface area is 125 Å². The molecule has 110 valence electrons. The van der Waals surface area contributed by atoms with Crippen LogP contribution in [0.3, 0.4) is 0 Å². The highest BCUT2D eigenvalue weighted by molar-refractivity contribution is 7.10. The molecule has 0 radical (unpaired) electrons. The molecule has 0 amide bonds. The number of rotatable bonds is 5. The second-order valence-corrected chi connectivity index (χ2v) is 5.07. The van der Waals surface area contributed by atoms with Crippen LogP contribution in [-0.2, 0) is 0 Å². The molecule has 0 aliphatic heterocycles. The second kappa shape index (κ2) is 6.36. The number of benzene rings is 1. The fraction of sp³-hybridized carbons (Fsp3) is 0.214. The lowest BCUT2D eigenvalue weighted by atomic mass is 10.1. The van der Waals surface area contributed by atoms with Crippen LogP contribution < -0.4 is 9.47 Å². The average molecular weight is 306 g/mol. The van der Waals surface area contributed by atoms with Crippen LogP contribution in [0.5, 0.6) is 11.5 Å². The van der Waals surface area contributed by atoms with Gasteiger partial charge < -0.3 is 9.47 Å². The van der Waals surface area contributed by atoms with Crippen LogP contribution in [0.4, 0.5) is 5.69 Å². The first-order valence-corrected chi connectivity index (χ1v) is 6.93. The Morgan fingerprint density at radius 1 is 1.24 bits per heavy atom. The van der Waals surface area contributed by atoms with Crippen LogP contribution in [0, 0.1) is 17.0 Å². The molecule has 0 spiro atoms. The Hall–Kier alpha value is -2.41. The van der Waals surface area contributed by atoms with E-state index < -0.39 is 4.92 Å². The predicted molar refractivity (Wildman–Crippen MR) is 82.0 cm³/mol. The van der Waals surface area contributed by atoms with Crippen molar-refractivity contribution in [1.82, 2.24) is 4.98 Å². The maximum atomic E-state index is 11.2. The molecule has 1 aromatic heterocycles. The molecule has 1 aromatic carbocycles. The fourth-order valence-corrected chi connectivity index (χ4v) is 2.47. The molecule has 0 saturated carbocycles. The van der Waals surface area contributed by atoms with E-state index in [1.807, 2.05) is 12.3 Å². The van der Waals surface area contributed by atoms with Gasteiger partial charge in [-0.3, -0.25) is 10.1 Å². The summed E-state index contributed by atoms with van der Waals surface area (Å²) < 4.78 is 10.3. The number of hydrogen-bond acceptors (Lipinski definition) is 6. The summed E-state index contributed by atoms with van der Waals surface area (Å²) in [5.74, 6) is 0.768. The number of thiazole rings is 1. The second-order valence-electron chi connectivity index (χ2n) is 4.18. The molecule has 1 heterocycles. The Morgan fingerprint density at radius 3 is 2.43 bits per heavy atom. The lowest BCUT2D eigenvalue weighted by Crippen LogP contribution is -1.96. The summed E-state index contributed by atoms with van der Waals surface area (Å²) in [6.07, 6.45) is 3.39. The van der Waals surface area contributed by atoms with Crippen molar-refractivity contribution >= 4 is 29.2 Å². The molecule has 0 saturated heterocycles. The zero-order valence-electron chi connectivity index (χ0n) is 11.8. The predicted octanol–water partition coefficient (Wildman–Crippen LogP) is 3.55. The summed E-state index contributed by atoms with van der Waals surface area (Å²) >= 11 is 1.48. The molecule has 0 aliphatic carbocycles. The van der Waals surface area contributed by atoms with E-state index in [1.54, 1.807) is 18.2 Å². The van der Waals surface area contributed by atoms with Crippen molar-refractivity contribution in [2.45, 2.75) is 6.92 Å². The number of aryl methyl sites for hydroxylation is 1. The normalized spacial score (nSPS) is 10.8. The van der Waals surface area contributed by atoms with Crippen molar-refractivity contribution < 1.29 is 14.4 Å². The molecular formula is C14H14N2O4S. The van der Waals surface area contributed by atoms with Gasteiger partial charge in [0.15, 0.2) is 11.5 Å². The minimum Gasteiger partial charge on any atom is -0.493 e. The van der Waals surface area contributed by atoms with Gasteiger partial charge in [0.2, 0.25) is 0 Å². The van der Waals surface area contributed by atoms with Crippen LogP contribution in [0.1, 0.15) is 16.3 Å². The van der Waals surface area contributed by atoms with Crippen molar-refractivity contribution in [2.24, 2.45) is 0 Å². The molecule has 0 aliphatic rings. The Bertz CT molecular complexity index is 694. The lowest BCUT2D eigenvalue weighted by Gasteiger charge is -2.08. The SMILES string of the molecule is COc1cc(/C=C/c2nc(C)cs2)c([N+](=O)[O-])cc1OC. The molecule has 0 N–H and O–H groups in total. The molecule has 0 unspecified atom stereocenters. The quantitative estimate of drug-likeness (QED) is 0.624. The summed E-state index contributed by atoms with van der Waals surface area (Å²) in [7, 11) is 2.93. The fourth-order valence-electron chi connectivity index (χ4n) is 1.79. The van der Waals surface area contributed by atoms with E-state index in [4.69, 9.17) is 9.47 Å². The van der Waals surface area contributed by atoms with E-state index in [0.29, 0.717) is 17.1 Å². The van der Waals surface area contributed by atoms with Gasteiger partial charge in [0, 0.05) is 11.1 Å². The number of nitrogens with zero attached hydrogens (tertiary/aromatic N) is 2. The highest BCUT2D eigenvalue weighted by Gasteiger charge is 2.17. The average Bonchev–Trinajstić information content (AvgIpc) is 2.89. The van der Waals surface area contributed by atoms with Crippen molar-refractivity contribution in [3.63, 3.8) is 0 Å². The number of aromatic nitrogens is 1. The van der Waals surface area contributed by atoms with E-state index in [-0.39, 0.29) is 5.69 Å². The van der Waals surface area contributed by atoms with Gasteiger partial charge >= 0.3 is 0 Å². The number of hydrogen-bond donors (Lipinski definition) is 0. The van der Waals surface area contributed by atoms with Gasteiger partial charge in [0.25, 0.3) is 5.69 Å². The van der Waals surface area contributed by atoms with Crippen LogP contribution in [0.2, 0.25) is 0 Å². The van der Waals surface area contributed by atoms with Gasteiger partial charge in [-0.1, -0.05) is 0 Å². The van der Waals surface area contributed by atoms with Gasteiger partial charge in [-0.25, -0.2) is 4.98 Å². The molecule has 6 nitrogen and oxygen atoms in total. The third-order valence-corrected chi connectivity index (χ3v) is 3.70. The van der Waals surface area contributed by atoms with E-state index in [2.05, 4.69) is 4.98 Å². The summed E-state index contributed by atoms with van der Waals surface area (Å²) in [4.78, 5) is 15.0. The van der Waals surface area contributed by atoms with Gasteiger partial charge in [-0.05, 0) is 25.1 Å². The standard InChI is InChI=1S/C14H14N2O4S/c1-9-8-21-14(15-9)5-4-10-6-12(19-2)13(20-3)7-11(10)16(17)18/h4-8H,1-3H3/b5-4+. The Kier molecular flexibility index (Phi) is 4.54. The van der Waals surface area contributed by atoms with Crippen molar-refractivity contribution in [2.75, 3.05) is 14.2 Å². The Morgan fingerprint density at radius 2 is 1.90 bits per heavy atom. The van der Waals surface area contributed by atoms with Crippen molar-refractivity contribution in [1.29, 1.82) is 0 Å². The minimum atomic E-state index is -0.450. The monoisotopic (exact) mass is 306 g/mol. The molecule has 0 fully saturated rings. The molecule has 0 bridgehead atoms. The lowest BCUT2D eigenvalue weighted by molar-refractivity contribution is -0.385. The molecule has 2 aromatic rings. The third kappa shape index (κ3) is 3.38. The molecule has 21 heavy (non-hydrogen) atoms. The van der Waals surface area contributed by atoms with Crippen LogP contribution >= 0.6 is 11.3 Å². The molecule has 2 rings (SSSR count). The van der Waals surface area contributed by atoms with E-state index in [9.17, 15) is 10.1 Å². The zero-order chi connectivity index (χ0) is 15.4. The smallest absolute Gasteiger partial charge is 0.280 e. The van der Waals surface area contributed by atoms with Crippen molar-refractivity contribution in [3.8, 4) is 11.5 Å². The molecule has 7 heteroatoms. The third-order valence-electron chi connectivity index (χ3n) is 2.77. The molecule has 0 atom stereocenters. The van der Waals surface area contributed by atoms with Crippen LogP contribution in [0.15, 0.2) is 17.5 Å². The summed E-state index contributed by atoms with van der Waals surface area (Å²) in [5.41, 5.74) is 1.31. The molecular weight excluding hydrogens is 292 g/mol. The van der Waals surface area contributed by atoms with Crippen LogP contribution in [-0.4, -0.2) is 24.1 Å². The highest BCUT2D eigenvalue weighted by atomic mass is 32.1. The largest absolute Gasteiger partial charge is 0.493 e. The topological polar surface area (TPSA) is 74.5 Å². The van der Waals surface area contributed by atoms with E-state index >= 15 is 0 Å². The van der Waals surface area contributed by atoms with Crippen LogP contribution in [0.25, 0.3) is 12.2 Å². The highest BCUT2D eigenvalue weighted by Crippen LogP contribution is 2.35. The minimum absolute atomic E-state index is 0.0443. The van der Waals surface area contributed by atoms with Gasteiger partial charge in [0.05, 0.1) is 30.8 Å². The summed E-state index contributed by atoms with van der Waals surface area (Å²) in [6, 6.07) is 2.93. The number of nitro benzene ring substituents is 1.